The third-order valence-corrected chi connectivity index (χ3v) is 4.29. The van der Waals surface area contributed by atoms with Gasteiger partial charge in [0.1, 0.15) is 30.2 Å². The summed E-state index contributed by atoms with van der Waals surface area (Å²) in [5, 5.41) is 4.17. The number of hydrogen-bond acceptors (Lipinski definition) is 3. The molecule has 2 heterocycles. The molecule has 2 atom stereocenters. The Morgan fingerprint density at radius 3 is 2.65 bits per heavy atom. The van der Waals surface area contributed by atoms with Crippen molar-refractivity contribution in [3.8, 4) is 0 Å². The number of rotatable bonds is 4. The molecule has 0 radical (unpaired) electrons. The average molecular weight is 309 g/mol. The molecular formula is C18H16FN3O. The minimum atomic E-state index is -0.608. The SMILES string of the molecule is Cc1ccc([C@@]2(Cn3cncn3)O[C@H]2c2ccccc2F)cc1. The third-order valence-electron chi connectivity index (χ3n) is 4.29. The Hall–Kier alpha value is -2.53. The predicted octanol–water partition coefficient (Wildman–Crippen LogP) is 3.39. The van der Waals surface area contributed by atoms with E-state index in [4.69, 9.17) is 4.74 Å². The van der Waals surface area contributed by atoms with Crippen LogP contribution in [0.2, 0.25) is 0 Å². The van der Waals surface area contributed by atoms with Crippen LogP contribution in [-0.4, -0.2) is 14.8 Å². The molecule has 0 saturated carbocycles. The van der Waals surface area contributed by atoms with Gasteiger partial charge in [0.2, 0.25) is 0 Å². The summed E-state index contributed by atoms with van der Waals surface area (Å²) in [5.41, 5.74) is 2.16. The Morgan fingerprint density at radius 2 is 1.96 bits per heavy atom. The van der Waals surface area contributed by atoms with Gasteiger partial charge in [0.05, 0.1) is 6.54 Å². The van der Waals surface area contributed by atoms with Crippen molar-refractivity contribution in [1.29, 1.82) is 0 Å². The second-order valence-corrected chi connectivity index (χ2v) is 5.87. The van der Waals surface area contributed by atoms with E-state index in [2.05, 4.69) is 10.1 Å². The first kappa shape index (κ1) is 14.1. The topological polar surface area (TPSA) is 43.2 Å². The monoisotopic (exact) mass is 309 g/mol. The largest absolute Gasteiger partial charge is 0.354 e. The summed E-state index contributed by atoms with van der Waals surface area (Å²) < 4.78 is 21.9. The molecule has 23 heavy (non-hydrogen) atoms. The van der Waals surface area contributed by atoms with Crippen LogP contribution in [0.1, 0.15) is 22.8 Å². The fourth-order valence-electron chi connectivity index (χ4n) is 3.00. The molecule has 0 N–H and O–H groups in total. The summed E-state index contributed by atoms with van der Waals surface area (Å²) in [6.07, 6.45) is 2.81. The number of hydrogen-bond donors (Lipinski definition) is 0. The van der Waals surface area contributed by atoms with Gasteiger partial charge in [-0.3, -0.25) is 0 Å². The van der Waals surface area contributed by atoms with Crippen molar-refractivity contribution in [2.24, 2.45) is 0 Å². The van der Waals surface area contributed by atoms with Gasteiger partial charge in [0.15, 0.2) is 0 Å². The van der Waals surface area contributed by atoms with E-state index < -0.39 is 5.60 Å². The van der Waals surface area contributed by atoms with Crippen LogP contribution in [0.5, 0.6) is 0 Å². The van der Waals surface area contributed by atoms with Crippen molar-refractivity contribution in [2.75, 3.05) is 0 Å². The predicted molar refractivity (Wildman–Crippen MR) is 83.1 cm³/mol. The van der Waals surface area contributed by atoms with Crippen LogP contribution >= 0.6 is 0 Å². The first-order chi connectivity index (χ1) is 11.2. The molecule has 0 aliphatic carbocycles. The molecule has 1 aliphatic rings. The van der Waals surface area contributed by atoms with E-state index in [1.165, 1.54) is 18.0 Å². The fourth-order valence-corrected chi connectivity index (χ4v) is 3.00. The van der Waals surface area contributed by atoms with E-state index >= 15 is 0 Å². The molecule has 4 rings (SSSR count). The Morgan fingerprint density at radius 1 is 1.17 bits per heavy atom. The fraction of sp³-hybridized carbons (Fsp3) is 0.222. The summed E-state index contributed by atoms with van der Waals surface area (Å²) in [6.45, 7) is 2.53. The van der Waals surface area contributed by atoms with E-state index in [1.807, 2.05) is 37.3 Å². The molecule has 0 spiro atoms. The van der Waals surface area contributed by atoms with Gasteiger partial charge >= 0.3 is 0 Å². The van der Waals surface area contributed by atoms with Crippen molar-refractivity contribution in [1.82, 2.24) is 14.8 Å². The number of aromatic nitrogens is 3. The lowest BCUT2D eigenvalue weighted by Gasteiger charge is -2.14. The van der Waals surface area contributed by atoms with Gasteiger partial charge in [-0.25, -0.2) is 14.1 Å². The number of aryl methyl sites for hydroxylation is 1. The van der Waals surface area contributed by atoms with Gasteiger partial charge in [-0.05, 0) is 18.6 Å². The van der Waals surface area contributed by atoms with Gasteiger partial charge in [0.25, 0.3) is 0 Å². The minimum absolute atomic E-state index is 0.245. The van der Waals surface area contributed by atoms with Gasteiger partial charge in [-0.1, -0.05) is 48.0 Å². The Bertz CT molecular complexity index is 817. The molecule has 1 aliphatic heterocycles. The molecule has 0 bridgehead atoms. The van der Waals surface area contributed by atoms with Crippen LogP contribution in [0.25, 0.3) is 0 Å². The van der Waals surface area contributed by atoms with Crippen molar-refractivity contribution in [3.63, 3.8) is 0 Å². The Kier molecular flexibility index (Phi) is 3.23. The summed E-state index contributed by atoms with van der Waals surface area (Å²) in [4.78, 5) is 3.98. The Balaban J connectivity index is 1.74. The van der Waals surface area contributed by atoms with E-state index in [0.29, 0.717) is 12.1 Å². The molecule has 3 aromatic rings. The van der Waals surface area contributed by atoms with Crippen LogP contribution in [0.3, 0.4) is 0 Å². The lowest BCUT2D eigenvalue weighted by molar-refractivity contribution is 0.262. The van der Waals surface area contributed by atoms with E-state index in [1.54, 1.807) is 23.1 Å². The number of benzene rings is 2. The lowest BCUT2D eigenvalue weighted by Crippen LogP contribution is -2.19. The standard InChI is InChI=1S/C18H16FN3O/c1-13-6-8-14(9-7-13)18(10-22-12-20-11-21-22)17(23-18)15-4-2-3-5-16(15)19/h2-9,11-12,17H,10H2,1H3/t17-,18+/m0/s1. The normalized spacial score (nSPS) is 23.0. The maximum Gasteiger partial charge on any atom is 0.144 e. The van der Waals surface area contributed by atoms with Crippen molar-refractivity contribution < 1.29 is 9.13 Å². The molecule has 0 amide bonds. The van der Waals surface area contributed by atoms with Crippen LogP contribution < -0.4 is 0 Å². The second-order valence-electron chi connectivity index (χ2n) is 5.87. The zero-order chi connectivity index (χ0) is 15.9. The Labute approximate surface area is 133 Å². The minimum Gasteiger partial charge on any atom is -0.354 e. The molecule has 116 valence electrons. The molecule has 5 heteroatoms. The lowest BCUT2D eigenvalue weighted by atomic mass is 9.91. The highest BCUT2D eigenvalue weighted by molar-refractivity contribution is 5.37. The molecule has 1 saturated heterocycles. The zero-order valence-corrected chi connectivity index (χ0v) is 12.7. The highest BCUT2D eigenvalue weighted by Gasteiger charge is 2.59. The van der Waals surface area contributed by atoms with Crippen molar-refractivity contribution in [2.45, 2.75) is 25.2 Å². The first-order valence-corrected chi connectivity index (χ1v) is 7.51. The van der Waals surface area contributed by atoms with Crippen molar-refractivity contribution >= 4 is 0 Å². The molecule has 4 nitrogen and oxygen atoms in total. The number of halogens is 1. The average Bonchev–Trinajstić information content (AvgIpc) is 3.02. The van der Waals surface area contributed by atoms with Gasteiger partial charge in [-0.15, -0.1) is 0 Å². The summed E-state index contributed by atoms with van der Waals surface area (Å²) in [5.74, 6) is -0.245. The van der Waals surface area contributed by atoms with E-state index in [-0.39, 0.29) is 11.9 Å². The molecule has 1 aromatic heterocycles. The summed E-state index contributed by atoms with van der Waals surface area (Å²) in [7, 11) is 0. The van der Waals surface area contributed by atoms with Crippen molar-refractivity contribution in [3.05, 3.63) is 83.7 Å². The molecule has 0 unspecified atom stereocenters. The summed E-state index contributed by atoms with van der Waals surface area (Å²) in [6, 6.07) is 14.9. The first-order valence-electron chi connectivity index (χ1n) is 7.51. The highest BCUT2D eigenvalue weighted by Crippen LogP contribution is 2.58. The van der Waals surface area contributed by atoms with Crippen LogP contribution in [0.15, 0.2) is 61.2 Å². The molecule has 1 fully saturated rings. The van der Waals surface area contributed by atoms with Gasteiger partial charge in [0, 0.05) is 5.56 Å². The maximum atomic E-state index is 14.2. The number of nitrogens with zero attached hydrogens (tertiary/aromatic N) is 3. The third kappa shape index (κ3) is 2.43. The quantitative estimate of drug-likeness (QED) is 0.694. The van der Waals surface area contributed by atoms with E-state index in [0.717, 1.165) is 5.56 Å². The van der Waals surface area contributed by atoms with Crippen LogP contribution in [0, 0.1) is 12.7 Å². The van der Waals surface area contributed by atoms with Gasteiger partial charge in [-0.2, -0.15) is 5.10 Å². The smallest absolute Gasteiger partial charge is 0.144 e. The zero-order valence-electron chi connectivity index (χ0n) is 12.7. The number of ether oxygens (including phenoxy) is 1. The van der Waals surface area contributed by atoms with Crippen LogP contribution in [-0.2, 0) is 16.9 Å². The second kappa shape index (κ2) is 5.28. The van der Waals surface area contributed by atoms with Gasteiger partial charge < -0.3 is 4.74 Å². The molecular weight excluding hydrogens is 293 g/mol. The molecule has 2 aromatic carbocycles. The summed E-state index contributed by atoms with van der Waals surface area (Å²) >= 11 is 0. The maximum absolute atomic E-state index is 14.2. The highest BCUT2D eigenvalue weighted by atomic mass is 19.1. The van der Waals surface area contributed by atoms with Crippen LogP contribution in [0.4, 0.5) is 4.39 Å². The number of epoxide rings is 1. The van der Waals surface area contributed by atoms with E-state index in [9.17, 15) is 4.39 Å².